The van der Waals surface area contributed by atoms with Crippen molar-refractivity contribution in [2.45, 2.75) is 38.8 Å². The Hall–Kier alpha value is -0.870. The minimum Gasteiger partial charge on any atom is -0.307 e. The first-order chi connectivity index (χ1) is 7.93. The average Bonchev–Trinajstić information content (AvgIpc) is 2.90. The molecule has 1 fully saturated rings. The molecular formula is C12H20N4. The van der Waals surface area contributed by atoms with Crippen LogP contribution in [0.15, 0.2) is 0 Å². The monoisotopic (exact) mass is 220 g/mol. The van der Waals surface area contributed by atoms with E-state index in [4.69, 9.17) is 0 Å². The molecule has 0 saturated carbocycles. The number of nitrogens with zero attached hydrogens (tertiary/aromatic N) is 2. The summed E-state index contributed by atoms with van der Waals surface area (Å²) in [5.41, 5.74) is 4.01. The Morgan fingerprint density at radius 3 is 2.88 bits per heavy atom. The summed E-state index contributed by atoms with van der Waals surface area (Å²) in [5.74, 6) is 0. The molecule has 88 valence electrons. The maximum Gasteiger partial charge on any atom is 0.0683 e. The third-order valence-corrected chi connectivity index (χ3v) is 3.76. The number of likely N-dealkylation sites (tertiary alicyclic amines) is 1. The van der Waals surface area contributed by atoms with Gasteiger partial charge in [0.2, 0.25) is 0 Å². The molecular weight excluding hydrogens is 200 g/mol. The average molecular weight is 220 g/mol. The minimum atomic E-state index is 0.964. The minimum absolute atomic E-state index is 0.964. The lowest BCUT2D eigenvalue weighted by molar-refractivity contribution is 0.230. The van der Waals surface area contributed by atoms with Crippen LogP contribution in [0, 0.1) is 0 Å². The quantitative estimate of drug-likeness (QED) is 0.800. The van der Waals surface area contributed by atoms with E-state index in [1.54, 1.807) is 0 Å². The third-order valence-electron chi connectivity index (χ3n) is 3.76. The highest BCUT2D eigenvalue weighted by atomic mass is 15.2. The topological polar surface area (TPSA) is 44.0 Å². The van der Waals surface area contributed by atoms with Gasteiger partial charge in [0.05, 0.1) is 11.4 Å². The fraction of sp³-hybridized carbons (Fsp3) is 0.750. The molecule has 1 saturated heterocycles. The highest BCUT2D eigenvalue weighted by Gasteiger charge is 2.18. The molecule has 2 aliphatic heterocycles. The van der Waals surface area contributed by atoms with Crippen LogP contribution in [0.5, 0.6) is 0 Å². The van der Waals surface area contributed by atoms with Gasteiger partial charge in [-0.2, -0.15) is 5.10 Å². The van der Waals surface area contributed by atoms with Crippen molar-refractivity contribution < 1.29 is 0 Å². The fourth-order valence-electron chi connectivity index (χ4n) is 2.77. The van der Waals surface area contributed by atoms with Crippen molar-refractivity contribution in [3.05, 3.63) is 17.0 Å². The van der Waals surface area contributed by atoms with Crippen molar-refractivity contribution >= 4 is 0 Å². The van der Waals surface area contributed by atoms with Crippen LogP contribution >= 0.6 is 0 Å². The fourth-order valence-corrected chi connectivity index (χ4v) is 2.77. The van der Waals surface area contributed by atoms with E-state index in [0.29, 0.717) is 0 Å². The lowest BCUT2D eigenvalue weighted by atomic mass is 10.1. The van der Waals surface area contributed by atoms with E-state index in [1.165, 1.54) is 55.8 Å². The Morgan fingerprint density at radius 1 is 1.12 bits per heavy atom. The first kappa shape index (κ1) is 10.3. The number of aromatic amines is 1. The molecule has 1 aromatic heterocycles. The highest BCUT2D eigenvalue weighted by Crippen LogP contribution is 2.17. The van der Waals surface area contributed by atoms with Crippen LogP contribution in [-0.2, 0) is 19.5 Å². The second kappa shape index (κ2) is 4.55. The van der Waals surface area contributed by atoms with Gasteiger partial charge in [-0.1, -0.05) is 6.42 Å². The van der Waals surface area contributed by atoms with Crippen molar-refractivity contribution in [1.82, 2.24) is 20.4 Å². The van der Waals surface area contributed by atoms with Gasteiger partial charge in [-0.05, 0) is 25.9 Å². The number of piperidine rings is 1. The predicted octanol–water partition coefficient (Wildman–Crippen LogP) is 1.04. The first-order valence-electron chi connectivity index (χ1n) is 6.41. The second-order valence-electron chi connectivity index (χ2n) is 4.88. The van der Waals surface area contributed by atoms with Gasteiger partial charge in [0.15, 0.2) is 0 Å². The molecule has 2 aliphatic rings. The van der Waals surface area contributed by atoms with Gasteiger partial charge in [0.1, 0.15) is 0 Å². The number of rotatable bonds is 3. The smallest absolute Gasteiger partial charge is 0.0683 e. The van der Waals surface area contributed by atoms with Crippen LogP contribution in [0.3, 0.4) is 0 Å². The van der Waals surface area contributed by atoms with Gasteiger partial charge >= 0.3 is 0 Å². The van der Waals surface area contributed by atoms with Crippen molar-refractivity contribution in [1.29, 1.82) is 0 Å². The predicted molar refractivity (Wildman–Crippen MR) is 63.1 cm³/mol. The molecule has 3 heterocycles. The summed E-state index contributed by atoms with van der Waals surface area (Å²) in [7, 11) is 0. The summed E-state index contributed by atoms with van der Waals surface area (Å²) in [4.78, 5) is 2.58. The van der Waals surface area contributed by atoms with Crippen molar-refractivity contribution in [3.8, 4) is 0 Å². The summed E-state index contributed by atoms with van der Waals surface area (Å²) >= 11 is 0. The lowest BCUT2D eigenvalue weighted by Crippen LogP contribution is -2.31. The van der Waals surface area contributed by atoms with Crippen molar-refractivity contribution in [3.63, 3.8) is 0 Å². The largest absolute Gasteiger partial charge is 0.307 e. The summed E-state index contributed by atoms with van der Waals surface area (Å²) < 4.78 is 0. The number of H-pyrrole nitrogens is 1. The van der Waals surface area contributed by atoms with E-state index in [1.807, 2.05) is 0 Å². The van der Waals surface area contributed by atoms with E-state index in [2.05, 4.69) is 20.4 Å². The summed E-state index contributed by atoms with van der Waals surface area (Å²) in [6.45, 7) is 5.71. The van der Waals surface area contributed by atoms with Crippen LogP contribution < -0.4 is 5.32 Å². The highest BCUT2D eigenvalue weighted by molar-refractivity contribution is 5.28. The molecule has 2 N–H and O–H groups in total. The van der Waals surface area contributed by atoms with Gasteiger partial charge < -0.3 is 10.2 Å². The zero-order valence-corrected chi connectivity index (χ0v) is 9.76. The van der Waals surface area contributed by atoms with Gasteiger partial charge in [-0.3, -0.25) is 5.10 Å². The van der Waals surface area contributed by atoms with Crippen LogP contribution in [0.2, 0.25) is 0 Å². The van der Waals surface area contributed by atoms with Crippen LogP contribution in [0.1, 0.15) is 36.2 Å². The molecule has 4 nitrogen and oxygen atoms in total. The van der Waals surface area contributed by atoms with Gasteiger partial charge in [0, 0.05) is 31.6 Å². The normalized spacial score (nSPS) is 21.2. The van der Waals surface area contributed by atoms with Crippen LogP contribution in [0.25, 0.3) is 0 Å². The number of aromatic nitrogens is 2. The maximum absolute atomic E-state index is 4.43. The molecule has 0 bridgehead atoms. The van der Waals surface area contributed by atoms with E-state index in [9.17, 15) is 0 Å². The van der Waals surface area contributed by atoms with Gasteiger partial charge in [0.25, 0.3) is 0 Å². The Balaban J connectivity index is 1.57. The number of fused-ring (bicyclic) bond motifs is 1. The maximum atomic E-state index is 4.43. The lowest BCUT2D eigenvalue weighted by Gasteiger charge is -2.26. The molecule has 0 radical (unpaired) electrons. The summed E-state index contributed by atoms with van der Waals surface area (Å²) in [6, 6.07) is 0. The second-order valence-corrected chi connectivity index (χ2v) is 4.88. The van der Waals surface area contributed by atoms with Crippen molar-refractivity contribution in [2.24, 2.45) is 0 Å². The Bertz CT molecular complexity index is 352. The summed E-state index contributed by atoms with van der Waals surface area (Å²) in [5, 5.41) is 10.9. The molecule has 16 heavy (non-hydrogen) atoms. The van der Waals surface area contributed by atoms with E-state index >= 15 is 0 Å². The van der Waals surface area contributed by atoms with Crippen LogP contribution in [0.4, 0.5) is 0 Å². The standard InChI is InChI=1S/C12H20N4/c1-2-5-16(6-3-1)7-4-11-10-8-13-9-12(10)15-14-11/h13H,1-9H2,(H,14,15). The summed E-state index contributed by atoms with van der Waals surface area (Å²) in [6.07, 6.45) is 5.27. The Morgan fingerprint density at radius 2 is 2.00 bits per heavy atom. The van der Waals surface area contributed by atoms with Gasteiger partial charge in [-0.25, -0.2) is 0 Å². The molecule has 0 aliphatic carbocycles. The zero-order chi connectivity index (χ0) is 10.8. The number of hydrogen-bond donors (Lipinski definition) is 2. The van der Waals surface area contributed by atoms with E-state index < -0.39 is 0 Å². The van der Waals surface area contributed by atoms with E-state index in [-0.39, 0.29) is 0 Å². The van der Waals surface area contributed by atoms with E-state index in [0.717, 1.165) is 19.5 Å². The Labute approximate surface area is 96.4 Å². The molecule has 0 amide bonds. The number of hydrogen-bond acceptors (Lipinski definition) is 3. The Kier molecular flexibility index (Phi) is 2.93. The number of nitrogens with one attached hydrogen (secondary N) is 2. The zero-order valence-electron chi connectivity index (χ0n) is 9.76. The molecule has 4 heteroatoms. The SMILES string of the molecule is C1CCN(CCc2n[nH]c3c2CNC3)CC1. The molecule has 1 aromatic rings. The third kappa shape index (κ3) is 1.99. The first-order valence-corrected chi connectivity index (χ1v) is 6.41. The molecule has 0 spiro atoms. The van der Waals surface area contributed by atoms with Crippen LogP contribution in [-0.4, -0.2) is 34.7 Å². The molecule has 0 atom stereocenters. The molecule has 0 unspecified atom stereocenters. The molecule has 0 aromatic carbocycles. The van der Waals surface area contributed by atoms with Gasteiger partial charge in [-0.15, -0.1) is 0 Å². The molecule has 3 rings (SSSR count). The van der Waals surface area contributed by atoms with Crippen molar-refractivity contribution in [2.75, 3.05) is 19.6 Å².